The molecule has 9 nitrogen and oxygen atoms in total. The monoisotopic (exact) mass is 482 g/mol. The summed E-state index contributed by atoms with van der Waals surface area (Å²) in [6, 6.07) is 16.3. The third-order valence-electron chi connectivity index (χ3n) is 6.51. The minimum atomic E-state index is -0.991. The molecule has 0 bridgehead atoms. The van der Waals surface area contributed by atoms with Gasteiger partial charge in [0.2, 0.25) is 5.91 Å². The van der Waals surface area contributed by atoms with Crippen molar-refractivity contribution in [1.29, 1.82) is 0 Å². The standard InChI is InChI=1S/C26H30N2O7/c1-33-17(11-24(29)30)12-27-25(31)16-10-18(34-14-16)13-28-26(32)35-15-23-21-8-4-2-6-19(21)20-7-3-5-9-22(20)23/h2-9,16-18,23H,10-15H2,1H3,(H,27,31)(H,28,32)(H,29,30)/t16-,17?,18-/m0/s1. The zero-order valence-electron chi connectivity index (χ0n) is 19.6. The van der Waals surface area contributed by atoms with Crippen molar-refractivity contribution in [2.24, 2.45) is 5.92 Å². The highest BCUT2D eigenvalue weighted by Gasteiger charge is 2.32. The maximum atomic E-state index is 12.4. The SMILES string of the molecule is COC(CNC(=O)[C@@H]1CO[C@H](CNC(=O)OCC2c3ccccc3-c3ccccc32)C1)CC(=O)O. The number of alkyl carbamates (subject to hydrolysis) is 1. The van der Waals surface area contributed by atoms with Gasteiger partial charge in [0.15, 0.2) is 0 Å². The summed E-state index contributed by atoms with van der Waals surface area (Å²) in [5, 5.41) is 14.3. The molecule has 1 aliphatic carbocycles. The normalized spacial score (nSPS) is 19.5. The largest absolute Gasteiger partial charge is 0.481 e. The van der Waals surface area contributed by atoms with E-state index in [0.717, 1.165) is 11.1 Å². The van der Waals surface area contributed by atoms with Crippen molar-refractivity contribution >= 4 is 18.0 Å². The number of fused-ring (bicyclic) bond motifs is 3. The Morgan fingerprint density at radius 3 is 2.34 bits per heavy atom. The van der Waals surface area contributed by atoms with Gasteiger partial charge in [-0.2, -0.15) is 0 Å². The van der Waals surface area contributed by atoms with Gasteiger partial charge in [0.1, 0.15) is 6.61 Å². The molecule has 1 fully saturated rings. The predicted molar refractivity (Wildman–Crippen MR) is 127 cm³/mol. The van der Waals surface area contributed by atoms with Crippen LogP contribution in [0.2, 0.25) is 0 Å². The zero-order valence-corrected chi connectivity index (χ0v) is 19.6. The summed E-state index contributed by atoms with van der Waals surface area (Å²) in [6.07, 6.45) is -1.16. The number of carbonyl (C=O) groups is 3. The van der Waals surface area contributed by atoms with Crippen LogP contribution in [0.1, 0.15) is 29.9 Å². The maximum Gasteiger partial charge on any atom is 0.407 e. The predicted octanol–water partition coefficient (Wildman–Crippen LogP) is 2.54. The number of carboxylic acids is 1. The molecule has 2 amide bonds. The highest BCUT2D eigenvalue weighted by atomic mass is 16.5. The van der Waals surface area contributed by atoms with Crippen LogP contribution in [0.25, 0.3) is 11.1 Å². The van der Waals surface area contributed by atoms with Gasteiger partial charge < -0.3 is 30.0 Å². The maximum absolute atomic E-state index is 12.4. The first kappa shape index (κ1) is 24.7. The van der Waals surface area contributed by atoms with Gasteiger partial charge in [0, 0.05) is 26.1 Å². The molecule has 0 spiro atoms. The molecule has 2 aliphatic rings. The van der Waals surface area contributed by atoms with E-state index in [1.54, 1.807) is 0 Å². The van der Waals surface area contributed by atoms with Crippen LogP contribution in [0.5, 0.6) is 0 Å². The number of ether oxygens (including phenoxy) is 3. The number of aliphatic carboxylic acids is 1. The zero-order chi connectivity index (χ0) is 24.8. The molecule has 2 aromatic rings. The van der Waals surface area contributed by atoms with Crippen molar-refractivity contribution in [3.8, 4) is 11.1 Å². The molecule has 3 atom stereocenters. The van der Waals surface area contributed by atoms with E-state index in [1.807, 2.05) is 24.3 Å². The number of benzene rings is 2. The Morgan fingerprint density at radius 2 is 1.71 bits per heavy atom. The molecule has 3 N–H and O–H groups in total. The highest BCUT2D eigenvalue weighted by molar-refractivity contribution is 5.80. The Labute approximate surface area is 203 Å². The molecule has 0 saturated carbocycles. The lowest BCUT2D eigenvalue weighted by Gasteiger charge is -2.16. The summed E-state index contributed by atoms with van der Waals surface area (Å²) in [5.41, 5.74) is 4.63. The van der Waals surface area contributed by atoms with Crippen LogP contribution in [0.3, 0.4) is 0 Å². The molecule has 35 heavy (non-hydrogen) atoms. The smallest absolute Gasteiger partial charge is 0.407 e. The van der Waals surface area contributed by atoms with Gasteiger partial charge in [0.05, 0.1) is 31.2 Å². The molecule has 2 aromatic carbocycles. The molecule has 9 heteroatoms. The Bertz CT molecular complexity index is 1030. The number of nitrogens with one attached hydrogen (secondary N) is 2. The Hall–Kier alpha value is -3.43. The molecular weight excluding hydrogens is 452 g/mol. The van der Waals surface area contributed by atoms with Crippen LogP contribution in [0.4, 0.5) is 4.79 Å². The van der Waals surface area contributed by atoms with Crippen molar-refractivity contribution in [2.75, 3.05) is 33.4 Å². The van der Waals surface area contributed by atoms with E-state index in [9.17, 15) is 14.4 Å². The molecule has 186 valence electrons. The molecule has 0 radical (unpaired) electrons. The Kier molecular flexibility index (Phi) is 7.99. The van der Waals surface area contributed by atoms with Crippen LogP contribution in [-0.4, -0.2) is 68.7 Å². The van der Waals surface area contributed by atoms with E-state index in [4.69, 9.17) is 19.3 Å². The van der Waals surface area contributed by atoms with Crippen molar-refractivity contribution in [3.05, 3.63) is 59.7 Å². The second-order valence-corrected chi connectivity index (χ2v) is 8.80. The van der Waals surface area contributed by atoms with Gasteiger partial charge in [-0.25, -0.2) is 4.79 Å². The van der Waals surface area contributed by atoms with Crippen LogP contribution in [0.15, 0.2) is 48.5 Å². The fourth-order valence-corrected chi connectivity index (χ4v) is 4.67. The first-order valence-electron chi connectivity index (χ1n) is 11.7. The Morgan fingerprint density at radius 1 is 1.06 bits per heavy atom. The van der Waals surface area contributed by atoms with E-state index >= 15 is 0 Å². The van der Waals surface area contributed by atoms with Crippen LogP contribution < -0.4 is 10.6 Å². The van der Waals surface area contributed by atoms with Crippen molar-refractivity contribution < 1.29 is 33.7 Å². The average molecular weight is 483 g/mol. The number of carboxylic acid groups (broad SMARTS) is 1. The van der Waals surface area contributed by atoms with E-state index in [0.29, 0.717) is 6.42 Å². The average Bonchev–Trinajstić information content (AvgIpc) is 3.46. The first-order chi connectivity index (χ1) is 17.0. The Balaban J connectivity index is 1.20. The van der Waals surface area contributed by atoms with Crippen LogP contribution in [0, 0.1) is 5.92 Å². The van der Waals surface area contributed by atoms with Gasteiger partial charge in [-0.15, -0.1) is 0 Å². The van der Waals surface area contributed by atoms with Crippen molar-refractivity contribution in [1.82, 2.24) is 10.6 Å². The summed E-state index contributed by atoms with van der Waals surface area (Å²) < 4.78 is 16.3. The first-order valence-corrected chi connectivity index (χ1v) is 11.7. The molecule has 1 unspecified atom stereocenters. The number of hydrogen-bond acceptors (Lipinski definition) is 6. The highest BCUT2D eigenvalue weighted by Crippen LogP contribution is 2.44. The molecule has 4 rings (SSSR count). The molecule has 0 aromatic heterocycles. The number of hydrogen-bond donors (Lipinski definition) is 3. The molecule has 1 saturated heterocycles. The van der Waals surface area contributed by atoms with Crippen molar-refractivity contribution in [3.63, 3.8) is 0 Å². The fraction of sp³-hybridized carbons (Fsp3) is 0.423. The van der Waals surface area contributed by atoms with Crippen molar-refractivity contribution in [2.45, 2.75) is 31.0 Å². The number of carbonyl (C=O) groups excluding carboxylic acids is 2. The topological polar surface area (TPSA) is 123 Å². The number of methoxy groups -OCH3 is 1. The molecule has 1 heterocycles. The van der Waals surface area contributed by atoms with Gasteiger partial charge >= 0.3 is 12.1 Å². The number of amides is 2. The van der Waals surface area contributed by atoms with E-state index in [-0.39, 0.29) is 56.6 Å². The summed E-state index contributed by atoms with van der Waals surface area (Å²) >= 11 is 0. The lowest BCUT2D eigenvalue weighted by atomic mass is 9.98. The third kappa shape index (κ3) is 5.98. The number of rotatable bonds is 10. The summed E-state index contributed by atoms with van der Waals surface area (Å²) in [5.74, 6) is -1.59. The van der Waals surface area contributed by atoms with E-state index in [2.05, 4.69) is 34.9 Å². The minimum absolute atomic E-state index is 0.0130. The summed E-state index contributed by atoms with van der Waals surface area (Å²) in [6.45, 7) is 0.813. The summed E-state index contributed by atoms with van der Waals surface area (Å²) in [4.78, 5) is 35.6. The van der Waals surface area contributed by atoms with Gasteiger partial charge in [-0.3, -0.25) is 9.59 Å². The quantitative estimate of drug-likeness (QED) is 0.476. The van der Waals surface area contributed by atoms with Crippen LogP contribution >= 0.6 is 0 Å². The van der Waals surface area contributed by atoms with E-state index < -0.39 is 18.2 Å². The molecular formula is C26H30N2O7. The second kappa shape index (κ2) is 11.3. The van der Waals surface area contributed by atoms with E-state index in [1.165, 1.54) is 18.2 Å². The van der Waals surface area contributed by atoms with Gasteiger partial charge in [-0.1, -0.05) is 48.5 Å². The minimum Gasteiger partial charge on any atom is -0.481 e. The molecule has 1 aliphatic heterocycles. The summed E-state index contributed by atoms with van der Waals surface area (Å²) in [7, 11) is 1.41. The lowest BCUT2D eigenvalue weighted by molar-refractivity contribution is -0.140. The van der Waals surface area contributed by atoms with Gasteiger partial charge in [0.25, 0.3) is 0 Å². The van der Waals surface area contributed by atoms with Gasteiger partial charge in [-0.05, 0) is 28.7 Å². The lowest BCUT2D eigenvalue weighted by Crippen LogP contribution is -2.38. The van der Waals surface area contributed by atoms with Crippen LogP contribution in [-0.2, 0) is 23.8 Å². The second-order valence-electron chi connectivity index (χ2n) is 8.80. The fourth-order valence-electron chi connectivity index (χ4n) is 4.67. The third-order valence-corrected chi connectivity index (χ3v) is 6.51.